The van der Waals surface area contributed by atoms with Crippen molar-refractivity contribution < 1.29 is 9.62 Å². The third kappa shape index (κ3) is 2.02. The van der Waals surface area contributed by atoms with Crippen LogP contribution in [0, 0.1) is 0 Å². The van der Waals surface area contributed by atoms with Gasteiger partial charge in [0, 0.05) is 16.8 Å². The molecule has 4 heteroatoms. The fourth-order valence-electron chi connectivity index (χ4n) is 2.53. The highest BCUT2D eigenvalue weighted by atomic mass is 16.4. The van der Waals surface area contributed by atoms with Crippen LogP contribution in [0.1, 0.15) is 0 Å². The molecule has 2 heterocycles. The van der Waals surface area contributed by atoms with E-state index in [-0.39, 0.29) is 0 Å². The Morgan fingerprint density at radius 1 is 0.909 bits per heavy atom. The van der Waals surface area contributed by atoms with Crippen LogP contribution in [0.15, 0.2) is 76.3 Å². The molecule has 4 nitrogen and oxygen atoms in total. The van der Waals surface area contributed by atoms with Crippen molar-refractivity contribution in [1.82, 2.24) is 4.98 Å². The molecule has 0 amide bonds. The van der Waals surface area contributed by atoms with Gasteiger partial charge in [-0.3, -0.25) is 0 Å². The maximum Gasteiger partial charge on any atom is 0.155 e. The maximum absolute atomic E-state index is 9.24. The smallest absolute Gasteiger partial charge is 0.155 e. The molecule has 0 atom stereocenters. The minimum Gasteiger partial charge on any atom is -0.454 e. The molecule has 22 heavy (non-hydrogen) atoms. The minimum atomic E-state index is 0.465. The Balaban J connectivity index is 1.99. The minimum absolute atomic E-state index is 0.465. The molecule has 0 aliphatic carbocycles. The lowest BCUT2D eigenvalue weighted by molar-refractivity contribution is 0.302. The molecule has 0 saturated carbocycles. The van der Waals surface area contributed by atoms with Crippen molar-refractivity contribution in [2.75, 3.05) is 0 Å². The van der Waals surface area contributed by atoms with E-state index < -0.39 is 0 Å². The van der Waals surface area contributed by atoms with Gasteiger partial charge in [0.05, 0.1) is 5.52 Å². The van der Waals surface area contributed by atoms with Crippen molar-refractivity contribution in [3.63, 3.8) is 0 Å². The Labute approximate surface area is 126 Å². The summed E-state index contributed by atoms with van der Waals surface area (Å²) in [5, 5.41) is 14.9. The number of pyridine rings is 1. The molecule has 2 aromatic heterocycles. The summed E-state index contributed by atoms with van der Waals surface area (Å²) >= 11 is 0. The number of fused-ring (bicyclic) bond motifs is 2. The van der Waals surface area contributed by atoms with Crippen molar-refractivity contribution in [2.45, 2.75) is 0 Å². The van der Waals surface area contributed by atoms with E-state index in [4.69, 9.17) is 4.42 Å². The number of benzene rings is 2. The fraction of sp³-hybridized carbons (Fsp3) is 0. The normalized spacial score (nSPS) is 12.1. The van der Waals surface area contributed by atoms with Crippen molar-refractivity contribution in [1.29, 1.82) is 0 Å². The number of para-hydroxylation sites is 2. The van der Waals surface area contributed by atoms with Gasteiger partial charge in [-0.25, -0.2) is 4.98 Å². The summed E-state index contributed by atoms with van der Waals surface area (Å²) in [5.41, 5.74) is 2.25. The summed E-state index contributed by atoms with van der Waals surface area (Å²) in [6.45, 7) is 0. The fourth-order valence-corrected chi connectivity index (χ4v) is 2.53. The SMILES string of the molecule is O/N=c1\cc(-c2ccc3ccccc3n2)oc2ccccc12. The van der Waals surface area contributed by atoms with Gasteiger partial charge in [0.1, 0.15) is 16.6 Å². The van der Waals surface area contributed by atoms with Gasteiger partial charge in [0.15, 0.2) is 5.76 Å². The average Bonchev–Trinajstić information content (AvgIpc) is 2.60. The molecule has 0 saturated heterocycles. The average molecular weight is 288 g/mol. The van der Waals surface area contributed by atoms with Crippen molar-refractivity contribution in [3.8, 4) is 11.5 Å². The number of aromatic nitrogens is 1. The first-order valence-electron chi connectivity index (χ1n) is 6.92. The van der Waals surface area contributed by atoms with Gasteiger partial charge in [-0.2, -0.15) is 0 Å². The molecular formula is C18H12N2O2. The van der Waals surface area contributed by atoms with Crippen LogP contribution < -0.4 is 5.36 Å². The molecule has 1 N–H and O–H groups in total. The molecule has 0 unspecified atom stereocenters. The van der Waals surface area contributed by atoms with Gasteiger partial charge >= 0.3 is 0 Å². The van der Waals surface area contributed by atoms with E-state index in [1.54, 1.807) is 6.07 Å². The van der Waals surface area contributed by atoms with Crippen LogP contribution in [0.25, 0.3) is 33.3 Å². The third-order valence-corrected chi connectivity index (χ3v) is 3.61. The number of rotatable bonds is 1. The molecular weight excluding hydrogens is 276 g/mol. The highest BCUT2D eigenvalue weighted by Gasteiger charge is 2.07. The van der Waals surface area contributed by atoms with Crippen LogP contribution in [-0.4, -0.2) is 10.2 Å². The monoisotopic (exact) mass is 288 g/mol. The predicted octanol–water partition coefficient (Wildman–Crippen LogP) is 3.94. The summed E-state index contributed by atoms with van der Waals surface area (Å²) in [5.74, 6) is 0.567. The van der Waals surface area contributed by atoms with Gasteiger partial charge in [-0.1, -0.05) is 41.6 Å². The summed E-state index contributed by atoms with van der Waals surface area (Å²) in [7, 11) is 0. The Kier molecular flexibility index (Phi) is 2.86. The summed E-state index contributed by atoms with van der Waals surface area (Å²) in [6.07, 6.45) is 0. The zero-order chi connectivity index (χ0) is 14.9. The molecule has 106 valence electrons. The Morgan fingerprint density at radius 3 is 2.64 bits per heavy atom. The number of nitrogens with zero attached hydrogens (tertiary/aromatic N) is 2. The van der Waals surface area contributed by atoms with Gasteiger partial charge in [0.2, 0.25) is 0 Å². The number of hydrogen-bond donors (Lipinski definition) is 1. The summed E-state index contributed by atoms with van der Waals surface area (Å²) < 4.78 is 5.91. The lowest BCUT2D eigenvalue weighted by Gasteiger charge is -2.05. The van der Waals surface area contributed by atoms with Crippen molar-refractivity contribution >= 4 is 21.9 Å². The van der Waals surface area contributed by atoms with Crippen LogP contribution in [0.3, 0.4) is 0 Å². The molecule has 0 radical (unpaired) electrons. The standard InChI is InChI=1S/C18H12N2O2/c21-20-16-11-18(22-17-8-4-2-6-13(16)17)15-10-9-12-5-1-3-7-14(12)19-15/h1-11,21H/b20-16+. The van der Waals surface area contributed by atoms with E-state index in [0.717, 1.165) is 16.3 Å². The second-order valence-corrected chi connectivity index (χ2v) is 4.98. The van der Waals surface area contributed by atoms with E-state index >= 15 is 0 Å². The second-order valence-electron chi connectivity index (χ2n) is 4.98. The largest absolute Gasteiger partial charge is 0.454 e. The molecule has 0 bridgehead atoms. The summed E-state index contributed by atoms with van der Waals surface area (Å²) in [6, 6.07) is 20.9. The maximum atomic E-state index is 9.24. The first kappa shape index (κ1) is 12.6. The highest BCUT2D eigenvalue weighted by molar-refractivity contribution is 5.82. The van der Waals surface area contributed by atoms with Gasteiger partial charge < -0.3 is 9.62 Å². The van der Waals surface area contributed by atoms with E-state index in [1.165, 1.54) is 0 Å². The van der Waals surface area contributed by atoms with Gasteiger partial charge in [-0.05, 0) is 24.3 Å². The topological polar surface area (TPSA) is 58.6 Å². The van der Waals surface area contributed by atoms with Crippen molar-refractivity contribution in [2.24, 2.45) is 5.16 Å². The third-order valence-electron chi connectivity index (χ3n) is 3.61. The van der Waals surface area contributed by atoms with Crippen LogP contribution in [-0.2, 0) is 0 Å². The van der Waals surface area contributed by atoms with Crippen LogP contribution >= 0.6 is 0 Å². The molecule has 0 aliphatic heterocycles. The zero-order valence-corrected chi connectivity index (χ0v) is 11.6. The van der Waals surface area contributed by atoms with Gasteiger partial charge in [0.25, 0.3) is 0 Å². The Bertz CT molecular complexity index is 1050. The van der Waals surface area contributed by atoms with Crippen LogP contribution in [0.5, 0.6) is 0 Å². The van der Waals surface area contributed by atoms with Crippen molar-refractivity contribution in [3.05, 3.63) is 72.1 Å². The van der Waals surface area contributed by atoms with E-state index in [9.17, 15) is 5.21 Å². The first-order valence-corrected chi connectivity index (χ1v) is 6.92. The molecule has 2 aromatic carbocycles. The van der Waals surface area contributed by atoms with Crippen LogP contribution in [0.4, 0.5) is 0 Å². The second kappa shape index (κ2) is 5.00. The Hall–Kier alpha value is -3.14. The highest BCUT2D eigenvalue weighted by Crippen LogP contribution is 2.23. The van der Waals surface area contributed by atoms with E-state index in [0.29, 0.717) is 22.4 Å². The van der Waals surface area contributed by atoms with Crippen LogP contribution in [0.2, 0.25) is 0 Å². The summed E-state index contributed by atoms with van der Waals surface area (Å²) in [4.78, 5) is 4.61. The molecule has 0 fully saturated rings. The lowest BCUT2D eigenvalue weighted by Crippen LogP contribution is -2.03. The quantitative estimate of drug-likeness (QED) is 0.426. The molecule has 0 aliphatic rings. The zero-order valence-electron chi connectivity index (χ0n) is 11.6. The van der Waals surface area contributed by atoms with E-state index in [1.807, 2.05) is 60.7 Å². The van der Waals surface area contributed by atoms with Gasteiger partial charge in [-0.15, -0.1) is 0 Å². The number of hydrogen-bond acceptors (Lipinski definition) is 4. The first-order chi connectivity index (χ1) is 10.8. The predicted molar refractivity (Wildman–Crippen MR) is 84.3 cm³/mol. The van der Waals surface area contributed by atoms with E-state index in [2.05, 4.69) is 10.1 Å². The lowest BCUT2D eigenvalue weighted by atomic mass is 10.1. The molecule has 4 rings (SSSR count). The molecule has 0 spiro atoms. The Morgan fingerprint density at radius 2 is 1.73 bits per heavy atom. The molecule has 4 aromatic rings.